The van der Waals surface area contributed by atoms with E-state index in [1.807, 2.05) is 0 Å². The van der Waals surface area contributed by atoms with Crippen LogP contribution in [0.25, 0.3) is 0 Å². The highest BCUT2D eigenvalue weighted by Gasteiger charge is 2.03. The largest absolute Gasteiger partial charge is 0.300 e. The van der Waals surface area contributed by atoms with Crippen LogP contribution in [0.3, 0.4) is 0 Å². The van der Waals surface area contributed by atoms with Gasteiger partial charge in [-0.3, -0.25) is 0 Å². The number of rotatable bonds is 11. The van der Waals surface area contributed by atoms with Crippen LogP contribution in [0.4, 0.5) is 0 Å². The Kier molecular flexibility index (Phi) is 10.9. The molecule has 0 radical (unpaired) electrons. The van der Waals surface area contributed by atoms with Gasteiger partial charge in [-0.2, -0.15) is 0 Å². The molecule has 0 aliphatic carbocycles. The van der Waals surface area contributed by atoms with Crippen LogP contribution in [0.15, 0.2) is 11.6 Å². The summed E-state index contributed by atoms with van der Waals surface area (Å²) in [5.74, 6) is 2.00. The first-order valence-corrected chi connectivity index (χ1v) is 8.06. The van der Waals surface area contributed by atoms with E-state index in [-0.39, 0.29) is 0 Å². The molecule has 19 heavy (non-hydrogen) atoms. The Morgan fingerprint density at radius 2 is 1.58 bits per heavy atom. The molecule has 0 aromatic heterocycles. The second kappa shape index (κ2) is 11.3. The number of ketones is 1. The molecule has 0 aliphatic rings. The lowest BCUT2D eigenvalue weighted by Crippen LogP contribution is -1.97. The minimum absolute atomic E-state index is 0.294. The van der Waals surface area contributed by atoms with Crippen molar-refractivity contribution in [1.29, 1.82) is 0 Å². The van der Waals surface area contributed by atoms with Gasteiger partial charge >= 0.3 is 0 Å². The van der Waals surface area contributed by atoms with Gasteiger partial charge in [-0.1, -0.05) is 58.1 Å². The van der Waals surface area contributed by atoms with Gasteiger partial charge in [0, 0.05) is 6.42 Å². The van der Waals surface area contributed by atoms with E-state index in [1.165, 1.54) is 44.1 Å². The summed E-state index contributed by atoms with van der Waals surface area (Å²) in [5.41, 5.74) is 1.45. The van der Waals surface area contributed by atoms with Crippen molar-refractivity contribution in [2.45, 2.75) is 86.0 Å². The lowest BCUT2D eigenvalue weighted by atomic mass is 9.94. The van der Waals surface area contributed by atoms with Crippen LogP contribution in [-0.2, 0) is 4.79 Å². The third-order valence-electron chi connectivity index (χ3n) is 3.74. The van der Waals surface area contributed by atoms with Gasteiger partial charge in [0.1, 0.15) is 5.78 Å². The molecule has 0 unspecified atom stereocenters. The maximum Gasteiger partial charge on any atom is 0.130 e. The maximum absolute atomic E-state index is 10.8. The fraction of sp³-hybridized carbons (Fsp3) is 0.833. The van der Waals surface area contributed by atoms with Crippen LogP contribution in [0.2, 0.25) is 0 Å². The van der Waals surface area contributed by atoms with E-state index in [2.05, 4.69) is 33.8 Å². The van der Waals surface area contributed by atoms with Crippen LogP contribution in [0.1, 0.15) is 86.0 Å². The molecule has 1 heteroatoms. The summed E-state index contributed by atoms with van der Waals surface area (Å²) in [7, 11) is 0. The Morgan fingerprint density at radius 3 is 2.16 bits per heavy atom. The molecule has 0 amide bonds. The first kappa shape index (κ1) is 18.4. The second-order valence-electron chi connectivity index (χ2n) is 6.61. The highest BCUT2D eigenvalue weighted by molar-refractivity contribution is 5.75. The van der Waals surface area contributed by atoms with E-state index in [4.69, 9.17) is 0 Å². The summed E-state index contributed by atoms with van der Waals surface area (Å²) in [6.45, 7) is 10.9. The SMILES string of the molecule is CC(=O)CCC=C(C)CCC[C@H](C)CCCC(C)C. The molecule has 1 nitrogen and oxygen atoms in total. The number of Topliss-reactive ketones (excluding diaryl/α,β-unsaturated/α-hetero) is 1. The highest BCUT2D eigenvalue weighted by Crippen LogP contribution is 2.19. The summed E-state index contributed by atoms with van der Waals surface area (Å²) in [6, 6.07) is 0. The summed E-state index contributed by atoms with van der Waals surface area (Å²) in [6.07, 6.45) is 11.8. The number of allylic oxidation sites excluding steroid dienone is 2. The quantitative estimate of drug-likeness (QED) is 0.423. The molecule has 0 aromatic rings. The van der Waals surface area contributed by atoms with Crippen molar-refractivity contribution < 1.29 is 4.79 Å². The van der Waals surface area contributed by atoms with Gasteiger partial charge in [-0.25, -0.2) is 0 Å². The predicted molar refractivity (Wildman–Crippen MR) is 85.4 cm³/mol. The molecular formula is C18H34O. The van der Waals surface area contributed by atoms with Crippen LogP contribution >= 0.6 is 0 Å². The molecule has 0 saturated heterocycles. The van der Waals surface area contributed by atoms with Gasteiger partial charge < -0.3 is 4.79 Å². The topological polar surface area (TPSA) is 17.1 Å². The standard InChI is InChI=1S/C18H34O/c1-15(2)9-6-10-16(3)11-7-12-17(4)13-8-14-18(5)19/h13,15-16H,6-12,14H2,1-5H3/t16-/m1/s1. The molecular weight excluding hydrogens is 232 g/mol. The Hall–Kier alpha value is -0.590. The molecule has 1 atom stereocenters. The zero-order valence-electron chi connectivity index (χ0n) is 13.8. The number of hydrogen-bond acceptors (Lipinski definition) is 1. The van der Waals surface area contributed by atoms with E-state index < -0.39 is 0 Å². The van der Waals surface area contributed by atoms with E-state index in [9.17, 15) is 4.79 Å². The smallest absolute Gasteiger partial charge is 0.130 e. The van der Waals surface area contributed by atoms with E-state index in [0.717, 1.165) is 18.3 Å². The minimum Gasteiger partial charge on any atom is -0.300 e. The Morgan fingerprint density at radius 1 is 0.947 bits per heavy atom. The second-order valence-corrected chi connectivity index (χ2v) is 6.61. The third-order valence-corrected chi connectivity index (χ3v) is 3.74. The Balaban J connectivity index is 3.57. The van der Waals surface area contributed by atoms with Gasteiger partial charge in [0.15, 0.2) is 0 Å². The van der Waals surface area contributed by atoms with Crippen molar-refractivity contribution in [1.82, 2.24) is 0 Å². The van der Waals surface area contributed by atoms with Crippen molar-refractivity contribution in [3.05, 3.63) is 11.6 Å². The zero-order valence-corrected chi connectivity index (χ0v) is 13.8. The summed E-state index contributed by atoms with van der Waals surface area (Å²) in [4.78, 5) is 10.8. The molecule has 0 fully saturated rings. The highest BCUT2D eigenvalue weighted by atomic mass is 16.1. The maximum atomic E-state index is 10.8. The van der Waals surface area contributed by atoms with Crippen molar-refractivity contribution in [2.75, 3.05) is 0 Å². The Bertz CT molecular complexity index is 263. The van der Waals surface area contributed by atoms with Crippen LogP contribution in [0, 0.1) is 11.8 Å². The fourth-order valence-corrected chi connectivity index (χ4v) is 2.37. The van der Waals surface area contributed by atoms with Crippen molar-refractivity contribution in [2.24, 2.45) is 11.8 Å². The van der Waals surface area contributed by atoms with Crippen LogP contribution in [-0.4, -0.2) is 5.78 Å². The third kappa shape index (κ3) is 13.6. The minimum atomic E-state index is 0.294. The number of hydrogen-bond donors (Lipinski definition) is 0. The van der Waals surface area contributed by atoms with Gasteiger partial charge in [0.05, 0.1) is 0 Å². The molecule has 112 valence electrons. The Labute approximate surface area is 120 Å². The monoisotopic (exact) mass is 266 g/mol. The van der Waals surface area contributed by atoms with E-state index in [1.54, 1.807) is 6.92 Å². The number of carbonyl (C=O) groups is 1. The van der Waals surface area contributed by atoms with E-state index in [0.29, 0.717) is 12.2 Å². The lowest BCUT2D eigenvalue weighted by molar-refractivity contribution is -0.116. The first-order valence-electron chi connectivity index (χ1n) is 8.06. The molecule has 0 heterocycles. The lowest BCUT2D eigenvalue weighted by Gasteiger charge is -2.12. The van der Waals surface area contributed by atoms with Crippen molar-refractivity contribution in [3.8, 4) is 0 Å². The van der Waals surface area contributed by atoms with E-state index >= 15 is 0 Å². The molecule has 0 spiro atoms. The normalized spacial score (nSPS) is 13.9. The molecule has 0 N–H and O–H groups in total. The molecule has 0 aliphatic heterocycles. The van der Waals surface area contributed by atoms with Crippen LogP contribution in [0.5, 0.6) is 0 Å². The summed E-state index contributed by atoms with van der Waals surface area (Å²) >= 11 is 0. The molecule has 0 bridgehead atoms. The van der Waals surface area contributed by atoms with Gasteiger partial charge in [-0.05, 0) is 44.9 Å². The van der Waals surface area contributed by atoms with Gasteiger partial charge in [-0.15, -0.1) is 0 Å². The summed E-state index contributed by atoms with van der Waals surface area (Å²) in [5, 5.41) is 0. The van der Waals surface area contributed by atoms with Crippen molar-refractivity contribution in [3.63, 3.8) is 0 Å². The molecule has 0 aromatic carbocycles. The first-order chi connectivity index (χ1) is 8.91. The fourth-order valence-electron chi connectivity index (χ4n) is 2.37. The zero-order chi connectivity index (χ0) is 14.7. The van der Waals surface area contributed by atoms with Crippen LogP contribution < -0.4 is 0 Å². The van der Waals surface area contributed by atoms with Crippen molar-refractivity contribution >= 4 is 5.78 Å². The molecule has 0 saturated carbocycles. The van der Waals surface area contributed by atoms with Gasteiger partial charge in [0.2, 0.25) is 0 Å². The molecule has 0 rings (SSSR count). The predicted octanol–water partition coefficient (Wildman–Crippen LogP) is 5.93. The summed E-state index contributed by atoms with van der Waals surface area (Å²) < 4.78 is 0. The van der Waals surface area contributed by atoms with Gasteiger partial charge in [0.25, 0.3) is 0 Å². The average Bonchev–Trinajstić information content (AvgIpc) is 2.27. The number of carbonyl (C=O) groups excluding carboxylic acids is 1. The average molecular weight is 266 g/mol.